The van der Waals surface area contributed by atoms with Crippen LogP contribution >= 0.6 is 35.0 Å². The van der Waals surface area contributed by atoms with E-state index >= 15 is 0 Å². The molecular formula is C20H13Cl2F3N2O3S. The van der Waals surface area contributed by atoms with Crippen molar-refractivity contribution in [2.75, 3.05) is 17.7 Å². The van der Waals surface area contributed by atoms with Gasteiger partial charge in [-0.2, -0.15) is 13.2 Å². The van der Waals surface area contributed by atoms with E-state index < -0.39 is 35.2 Å². The van der Waals surface area contributed by atoms with Crippen molar-refractivity contribution in [1.29, 1.82) is 0 Å². The summed E-state index contributed by atoms with van der Waals surface area (Å²) >= 11 is 13.2. The summed E-state index contributed by atoms with van der Waals surface area (Å²) in [5.41, 5.74) is -1.05. The van der Waals surface area contributed by atoms with Crippen LogP contribution in [0.3, 0.4) is 0 Å². The number of benzene rings is 2. The molecule has 0 aliphatic rings. The van der Waals surface area contributed by atoms with Crippen LogP contribution in [0.1, 0.15) is 5.56 Å². The average molecular weight is 489 g/mol. The van der Waals surface area contributed by atoms with Crippen LogP contribution in [0.5, 0.6) is 0 Å². The lowest BCUT2D eigenvalue weighted by Crippen LogP contribution is -2.22. The van der Waals surface area contributed by atoms with Crippen LogP contribution in [-0.2, 0) is 20.5 Å². The Kier molecular flexibility index (Phi) is 7.30. The molecular weight excluding hydrogens is 476 g/mol. The van der Waals surface area contributed by atoms with Crippen LogP contribution in [0.4, 0.5) is 19.0 Å². The molecule has 2 aromatic carbocycles. The maximum Gasteiger partial charge on any atom is 0.417 e. The van der Waals surface area contributed by atoms with E-state index in [1.807, 2.05) is 30.3 Å². The Balaban J connectivity index is 1.53. The van der Waals surface area contributed by atoms with Gasteiger partial charge in [-0.25, -0.2) is 4.98 Å². The number of rotatable bonds is 6. The lowest BCUT2D eigenvalue weighted by molar-refractivity contribution is -0.144. The highest BCUT2D eigenvalue weighted by Gasteiger charge is 2.31. The van der Waals surface area contributed by atoms with E-state index in [4.69, 9.17) is 27.9 Å². The van der Waals surface area contributed by atoms with E-state index in [9.17, 15) is 22.8 Å². The Morgan fingerprint density at radius 3 is 2.48 bits per heavy atom. The molecule has 0 aliphatic heterocycles. The molecule has 0 saturated heterocycles. The van der Waals surface area contributed by atoms with E-state index in [0.717, 1.165) is 15.7 Å². The summed E-state index contributed by atoms with van der Waals surface area (Å²) in [6.07, 6.45) is -4.07. The first-order valence-electron chi connectivity index (χ1n) is 8.63. The van der Waals surface area contributed by atoms with E-state index in [1.165, 1.54) is 11.8 Å². The van der Waals surface area contributed by atoms with E-state index in [0.29, 0.717) is 17.3 Å². The molecule has 1 aromatic heterocycles. The predicted molar refractivity (Wildman–Crippen MR) is 114 cm³/mol. The summed E-state index contributed by atoms with van der Waals surface area (Å²) in [7, 11) is 0. The van der Waals surface area contributed by atoms with Crippen molar-refractivity contribution in [1.82, 2.24) is 4.98 Å². The number of alkyl halides is 3. The van der Waals surface area contributed by atoms with Crippen molar-refractivity contribution in [3.8, 4) is 0 Å². The molecule has 1 N–H and O–H groups in total. The Bertz CT molecular complexity index is 1140. The maximum absolute atomic E-state index is 12.6. The van der Waals surface area contributed by atoms with E-state index in [1.54, 1.807) is 6.07 Å². The van der Waals surface area contributed by atoms with E-state index in [2.05, 4.69) is 10.3 Å². The number of nitrogens with zero attached hydrogens (tertiary/aromatic N) is 1. The minimum atomic E-state index is -4.61. The fourth-order valence-electron chi connectivity index (χ4n) is 2.56. The van der Waals surface area contributed by atoms with Gasteiger partial charge in [0.1, 0.15) is 0 Å². The largest absolute Gasteiger partial charge is 0.455 e. The Labute approximate surface area is 188 Å². The number of esters is 1. The zero-order valence-electron chi connectivity index (χ0n) is 15.5. The highest BCUT2D eigenvalue weighted by atomic mass is 35.5. The number of anilines is 1. The molecule has 31 heavy (non-hydrogen) atoms. The summed E-state index contributed by atoms with van der Waals surface area (Å²) in [6.45, 7) is -0.644. The van der Waals surface area contributed by atoms with Gasteiger partial charge in [0.15, 0.2) is 12.4 Å². The first kappa shape index (κ1) is 23.2. The van der Waals surface area contributed by atoms with Gasteiger partial charge >= 0.3 is 12.1 Å². The number of aromatic nitrogens is 1. The van der Waals surface area contributed by atoms with E-state index in [-0.39, 0.29) is 11.6 Å². The third-order valence-corrected chi connectivity index (χ3v) is 5.59. The van der Waals surface area contributed by atoms with Gasteiger partial charge in [-0.1, -0.05) is 47.5 Å². The smallest absolute Gasteiger partial charge is 0.417 e. The third-order valence-electron chi connectivity index (χ3n) is 3.95. The zero-order valence-corrected chi connectivity index (χ0v) is 17.8. The van der Waals surface area contributed by atoms with Crippen molar-refractivity contribution in [3.05, 3.63) is 64.3 Å². The first-order valence-corrected chi connectivity index (χ1v) is 10.4. The first-order chi connectivity index (χ1) is 14.6. The lowest BCUT2D eigenvalue weighted by Gasteiger charge is -2.10. The molecule has 0 spiro atoms. The van der Waals surface area contributed by atoms with Crippen molar-refractivity contribution in [2.24, 2.45) is 0 Å². The number of carbonyl (C=O) groups excluding carboxylic acids is 2. The number of hydrogen-bond acceptors (Lipinski definition) is 5. The molecule has 162 valence electrons. The highest BCUT2D eigenvalue weighted by Crippen LogP contribution is 2.34. The van der Waals surface area contributed by atoms with Crippen LogP contribution in [0.25, 0.3) is 10.8 Å². The summed E-state index contributed by atoms with van der Waals surface area (Å²) in [4.78, 5) is 28.2. The van der Waals surface area contributed by atoms with Gasteiger partial charge in [-0.05, 0) is 23.6 Å². The fraction of sp³-hybridized carbons (Fsp3) is 0.150. The summed E-state index contributed by atoms with van der Waals surface area (Å²) in [5, 5.41) is 4.09. The van der Waals surface area contributed by atoms with Crippen molar-refractivity contribution >= 4 is 63.4 Å². The normalized spacial score (nSPS) is 11.4. The third kappa shape index (κ3) is 6.03. The van der Waals surface area contributed by atoms with Crippen molar-refractivity contribution in [3.63, 3.8) is 0 Å². The number of halogens is 5. The molecule has 0 unspecified atom stereocenters. The second-order valence-electron chi connectivity index (χ2n) is 6.14. The quantitative estimate of drug-likeness (QED) is 0.349. The number of pyridine rings is 1. The number of amides is 1. The minimum absolute atomic E-state index is 0.0725. The van der Waals surface area contributed by atoms with Crippen LogP contribution < -0.4 is 5.32 Å². The molecule has 0 atom stereocenters. The molecule has 11 heteroatoms. The molecule has 0 aliphatic carbocycles. The van der Waals surface area contributed by atoms with Crippen molar-refractivity contribution < 1.29 is 27.5 Å². The Morgan fingerprint density at radius 2 is 1.81 bits per heavy atom. The van der Waals surface area contributed by atoms with Gasteiger partial charge in [0.25, 0.3) is 5.91 Å². The highest BCUT2D eigenvalue weighted by molar-refractivity contribution is 8.00. The molecule has 0 fully saturated rings. The van der Waals surface area contributed by atoms with Crippen LogP contribution in [0.15, 0.2) is 53.6 Å². The minimum Gasteiger partial charge on any atom is -0.455 e. The fourth-order valence-corrected chi connectivity index (χ4v) is 4.02. The Hall–Kier alpha value is -2.49. The topological polar surface area (TPSA) is 68.3 Å². The predicted octanol–water partition coefficient (Wildman–Crippen LogP) is 5.83. The average Bonchev–Trinajstić information content (AvgIpc) is 2.71. The molecule has 5 nitrogen and oxygen atoms in total. The monoisotopic (exact) mass is 488 g/mol. The molecule has 0 saturated carbocycles. The maximum atomic E-state index is 12.6. The second-order valence-corrected chi connectivity index (χ2v) is 7.98. The number of carbonyl (C=O) groups is 2. The number of thioether (sulfide) groups is 1. The molecule has 1 heterocycles. The van der Waals surface area contributed by atoms with Crippen LogP contribution in [0, 0.1) is 0 Å². The number of nitrogens with one attached hydrogen (secondary N) is 1. The Morgan fingerprint density at radius 1 is 1.10 bits per heavy atom. The molecule has 0 radical (unpaired) electrons. The molecule has 3 rings (SSSR count). The van der Waals surface area contributed by atoms with Gasteiger partial charge in [0.05, 0.1) is 16.3 Å². The van der Waals surface area contributed by atoms with Crippen LogP contribution in [-0.4, -0.2) is 29.2 Å². The number of ether oxygens (including phenoxy) is 1. The van der Waals surface area contributed by atoms with Gasteiger partial charge < -0.3 is 10.1 Å². The summed E-state index contributed by atoms with van der Waals surface area (Å²) < 4.78 is 42.8. The number of hydrogen-bond donors (Lipinski definition) is 1. The SMILES string of the molecule is O=C(COC(=O)CSc1cccc2cccc(Cl)c12)Nc1ncc(C(F)(F)F)cc1Cl. The summed E-state index contributed by atoms with van der Waals surface area (Å²) in [6, 6.07) is 11.7. The number of fused-ring (bicyclic) bond motifs is 1. The molecule has 0 bridgehead atoms. The zero-order chi connectivity index (χ0) is 22.6. The van der Waals surface area contributed by atoms with Crippen molar-refractivity contribution in [2.45, 2.75) is 11.1 Å². The van der Waals surface area contributed by atoms with Gasteiger partial charge in [-0.3, -0.25) is 9.59 Å². The van der Waals surface area contributed by atoms with Gasteiger partial charge in [0, 0.05) is 21.5 Å². The second kappa shape index (κ2) is 9.76. The van der Waals surface area contributed by atoms with Gasteiger partial charge in [-0.15, -0.1) is 11.8 Å². The standard InChI is InChI=1S/C20H13Cl2F3N2O3S/c21-13-5-1-3-11-4-2-6-15(18(11)13)31-10-17(29)30-9-16(28)27-19-14(22)7-12(8-26-19)20(23,24)25/h1-8H,9-10H2,(H,26,27,28). The molecule has 1 amide bonds. The molecule has 3 aromatic rings. The van der Waals surface area contributed by atoms with Gasteiger partial charge in [0.2, 0.25) is 0 Å². The summed E-state index contributed by atoms with van der Waals surface area (Å²) in [5.74, 6) is -1.79. The lowest BCUT2D eigenvalue weighted by atomic mass is 10.1. The van der Waals surface area contributed by atoms with Crippen LogP contribution in [0.2, 0.25) is 10.0 Å².